The second kappa shape index (κ2) is 9.00. The molecule has 4 heterocycles. The molecule has 1 atom stereocenters. The number of aromatic nitrogens is 3. The molecule has 1 aliphatic heterocycles. The van der Waals surface area contributed by atoms with Gasteiger partial charge in [-0.3, -0.25) is 9.20 Å². The number of carbonyl (C=O) groups excluding carboxylic acids is 1. The van der Waals surface area contributed by atoms with E-state index in [1.54, 1.807) is 11.3 Å². The molecule has 2 aliphatic rings. The molecular weight excluding hydrogens is 420 g/mol. The number of carbonyl (C=O) groups is 1. The van der Waals surface area contributed by atoms with Crippen LogP contribution in [-0.2, 0) is 17.6 Å². The molecule has 1 aliphatic carbocycles. The quantitative estimate of drug-likeness (QED) is 0.638. The average molecular weight is 449 g/mol. The Morgan fingerprint density at radius 3 is 2.94 bits per heavy atom. The van der Waals surface area contributed by atoms with Crippen molar-refractivity contribution in [1.29, 1.82) is 5.26 Å². The molecule has 0 radical (unpaired) electrons. The van der Waals surface area contributed by atoms with Crippen molar-refractivity contribution in [2.45, 2.75) is 51.4 Å². The van der Waals surface area contributed by atoms with Crippen molar-refractivity contribution in [3.8, 4) is 6.07 Å². The Hall–Kier alpha value is -2.76. The third-order valence-electron chi connectivity index (χ3n) is 6.82. The number of fused-ring (bicyclic) bond motifs is 2. The number of amides is 1. The van der Waals surface area contributed by atoms with Crippen LogP contribution in [0.25, 0.3) is 5.65 Å². The van der Waals surface area contributed by atoms with E-state index in [-0.39, 0.29) is 5.91 Å². The monoisotopic (exact) mass is 448 g/mol. The predicted octanol–water partition coefficient (Wildman–Crippen LogP) is 4.00. The van der Waals surface area contributed by atoms with Gasteiger partial charge in [-0.05, 0) is 68.8 Å². The smallest absolute Gasteiger partial charge is 0.226 e. The van der Waals surface area contributed by atoms with Crippen molar-refractivity contribution in [2.75, 3.05) is 25.0 Å². The lowest BCUT2D eigenvalue weighted by molar-refractivity contribution is -0.116. The van der Waals surface area contributed by atoms with Gasteiger partial charge in [-0.25, -0.2) is 0 Å². The summed E-state index contributed by atoms with van der Waals surface area (Å²) in [6, 6.07) is 8.30. The minimum absolute atomic E-state index is 0.00119. The van der Waals surface area contributed by atoms with Crippen LogP contribution >= 0.6 is 11.3 Å². The molecule has 5 rings (SSSR count). The van der Waals surface area contributed by atoms with E-state index >= 15 is 0 Å². The zero-order valence-electron chi connectivity index (χ0n) is 18.4. The summed E-state index contributed by atoms with van der Waals surface area (Å²) >= 11 is 1.60. The zero-order chi connectivity index (χ0) is 22.1. The van der Waals surface area contributed by atoms with E-state index in [0.29, 0.717) is 23.8 Å². The lowest BCUT2D eigenvalue weighted by Crippen LogP contribution is -2.35. The molecule has 1 unspecified atom stereocenters. The van der Waals surface area contributed by atoms with Crippen molar-refractivity contribution in [2.24, 2.45) is 5.92 Å². The molecular formula is C24H28N6OS. The van der Waals surface area contributed by atoms with E-state index in [9.17, 15) is 10.1 Å². The number of likely N-dealkylation sites (tertiary alicyclic amines) is 1. The van der Waals surface area contributed by atoms with Gasteiger partial charge in [0.1, 0.15) is 16.9 Å². The Morgan fingerprint density at radius 1 is 1.28 bits per heavy atom. The number of nitriles is 1. The van der Waals surface area contributed by atoms with Gasteiger partial charge >= 0.3 is 0 Å². The Bertz CT molecular complexity index is 1170. The molecule has 8 heteroatoms. The molecule has 0 bridgehead atoms. The molecule has 1 N–H and O–H groups in total. The number of piperidine rings is 1. The summed E-state index contributed by atoms with van der Waals surface area (Å²) in [5.41, 5.74) is 2.74. The maximum Gasteiger partial charge on any atom is 0.226 e. The first-order valence-corrected chi connectivity index (χ1v) is 12.3. The van der Waals surface area contributed by atoms with Crippen LogP contribution in [0.3, 0.4) is 0 Å². The maximum absolute atomic E-state index is 12.6. The van der Waals surface area contributed by atoms with Crippen molar-refractivity contribution >= 4 is 27.9 Å². The first-order chi connectivity index (χ1) is 15.6. The summed E-state index contributed by atoms with van der Waals surface area (Å²) in [6.07, 6.45) is 7.59. The minimum Gasteiger partial charge on any atom is -0.317 e. The van der Waals surface area contributed by atoms with Gasteiger partial charge in [0.05, 0.1) is 5.56 Å². The number of thiophene rings is 1. The molecule has 0 aromatic carbocycles. The number of hydrogen-bond acceptors (Lipinski definition) is 6. The van der Waals surface area contributed by atoms with Crippen LogP contribution in [-0.4, -0.2) is 45.0 Å². The van der Waals surface area contributed by atoms with Crippen LogP contribution in [0.1, 0.15) is 60.4 Å². The fraction of sp³-hybridized carbons (Fsp3) is 0.500. The molecule has 32 heavy (non-hydrogen) atoms. The van der Waals surface area contributed by atoms with Crippen molar-refractivity contribution < 1.29 is 4.79 Å². The first-order valence-electron chi connectivity index (χ1n) is 11.5. The molecule has 3 aromatic heterocycles. The fourth-order valence-corrected chi connectivity index (χ4v) is 6.34. The van der Waals surface area contributed by atoms with Crippen LogP contribution in [0.15, 0.2) is 24.4 Å². The number of nitrogens with one attached hydrogen (secondary N) is 1. The van der Waals surface area contributed by atoms with Crippen molar-refractivity contribution in [3.63, 3.8) is 0 Å². The first kappa shape index (κ1) is 21.1. The third-order valence-corrected chi connectivity index (χ3v) is 7.99. The normalized spacial score (nSPS) is 19.6. The Kier molecular flexibility index (Phi) is 5.94. The number of nitrogens with zero attached hydrogens (tertiary/aromatic N) is 5. The fourth-order valence-electron chi connectivity index (χ4n) is 4.96. The predicted molar refractivity (Wildman–Crippen MR) is 125 cm³/mol. The number of rotatable bonds is 5. The van der Waals surface area contributed by atoms with Crippen LogP contribution in [0, 0.1) is 17.2 Å². The van der Waals surface area contributed by atoms with Crippen molar-refractivity contribution in [1.82, 2.24) is 19.5 Å². The van der Waals surface area contributed by atoms with Gasteiger partial charge in [0, 0.05) is 30.0 Å². The number of hydrogen-bond donors (Lipinski definition) is 1. The SMILES string of the molecule is CC1CCc2c(sc(NC(=O)CCN3CCC(c4nnc5ccccn45)CC3)c2C#N)C1. The Labute approximate surface area is 192 Å². The Balaban J connectivity index is 1.14. The summed E-state index contributed by atoms with van der Waals surface area (Å²) in [7, 11) is 0. The van der Waals surface area contributed by atoms with E-state index in [0.717, 1.165) is 73.8 Å². The highest BCUT2D eigenvalue weighted by molar-refractivity contribution is 7.16. The van der Waals surface area contributed by atoms with Crippen LogP contribution < -0.4 is 5.32 Å². The maximum atomic E-state index is 12.6. The van der Waals surface area contributed by atoms with Gasteiger partial charge in [-0.15, -0.1) is 21.5 Å². The van der Waals surface area contributed by atoms with Gasteiger partial charge in [0.15, 0.2) is 5.65 Å². The van der Waals surface area contributed by atoms with E-state index in [4.69, 9.17) is 0 Å². The molecule has 166 valence electrons. The van der Waals surface area contributed by atoms with E-state index in [1.807, 2.05) is 24.4 Å². The van der Waals surface area contributed by atoms with Crippen LogP contribution in [0.2, 0.25) is 0 Å². The van der Waals surface area contributed by atoms with Gasteiger partial charge < -0.3 is 10.2 Å². The average Bonchev–Trinajstić information content (AvgIpc) is 3.38. The third kappa shape index (κ3) is 4.15. The molecule has 1 fully saturated rings. The van der Waals surface area contributed by atoms with Gasteiger partial charge in [-0.2, -0.15) is 5.26 Å². The summed E-state index contributed by atoms with van der Waals surface area (Å²) < 4.78 is 2.09. The molecule has 3 aromatic rings. The largest absolute Gasteiger partial charge is 0.317 e. The van der Waals surface area contributed by atoms with Crippen LogP contribution in [0.4, 0.5) is 5.00 Å². The zero-order valence-corrected chi connectivity index (χ0v) is 19.2. The van der Waals surface area contributed by atoms with Gasteiger partial charge in [0.25, 0.3) is 0 Å². The lowest BCUT2D eigenvalue weighted by Gasteiger charge is -2.30. The highest BCUT2D eigenvalue weighted by Gasteiger charge is 2.26. The second-order valence-corrected chi connectivity index (χ2v) is 10.2. The number of anilines is 1. The molecule has 1 saturated heterocycles. The van der Waals surface area contributed by atoms with E-state index in [1.165, 1.54) is 4.88 Å². The topological polar surface area (TPSA) is 86.3 Å². The summed E-state index contributed by atoms with van der Waals surface area (Å²) in [5.74, 6) is 2.09. The highest BCUT2D eigenvalue weighted by Crippen LogP contribution is 2.39. The lowest BCUT2D eigenvalue weighted by atomic mass is 9.89. The van der Waals surface area contributed by atoms with Crippen molar-refractivity contribution in [3.05, 3.63) is 46.2 Å². The molecule has 1 amide bonds. The minimum atomic E-state index is -0.00119. The van der Waals surface area contributed by atoms with E-state index in [2.05, 4.69) is 37.8 Å². The molecule has 7 nitrogen and oxygen atoms in total. The Morgan fingerprint density at radius 2 is 2.12 bits per heavy atom. The summed E-state index contributed by atoms with van der Waals surface area (Å²) in [4.78, 5) is 16.3. The second-order valence-electron chi connectivity index (χ2n) is 9.07. The number of pyridine rings is 1. The van der Waals surface area contributed by atoms with Gasteiger partial charge in [0.2, 0.25) is 5.91 Å². The molecule has 0 saturated carbocycles. The van der Waals surface area contributed by atoms with E-state index < -0.39 is 0 Å². The highest BCUT2D eigenvalue weighted by atomic mass is 32.1. The summed E-state index contributed by atoms with van der Waals surface area (Å²) in [5, 5.41) is 22.1. The molecule has 0 spiro atoms. The summed E-state index contributed by atoms with van der Waals surface area (Å²) in [6.45, 7) is 4.90. The van der Waals surface area contributed by atoms with Gasteiger partial charge in [-0.1, -0.05) is 13.0 Å². The standard InChI is InChI=1S/C24H28N6OS/c1-16-5-6-18-19(15-25)24(32-20(18)14-16)26-22(31)9-13-29-11-7-17(8-12-29)23-28-27-21-4-2-3-10-30(21)23/h2-4,10,16-17H,5-9,11-14H2,1H3,(H,26,31). The van der Waals surface area contributed by atoms with Crippen LogP contribution in [0.5, 0.6) is 0 Å².